The van der Waals surface area contributed by atoms with E-state index in [1.807, 2.05) is 34.8 Å². The minimum absolute atomic E-state index is 0.0543. The van der Waals surface area contributed by atoms with Crippen molar-refractivity contribution in [3.63, 3.8) is 0 Å². The van der Waals surface area contributed by atoms with Crippen molar-refractivity contribution >= 4 is 16.6 Å². The highest BCUT2D eigenvalue weighted by atomic mass is 16.1. The second kappa shape index (κ2) is 4.45. The Morgan fingerprint density at radius 3 is 3.05 bits per heavy atom. The van der Waals surface area contributed by atoms with Crippen LogP contribution in [0.15, 0.2) is 35.1 Å². The fourth-order valence-electron chi connectivity index (χ4n) is 3.01. The molecule has 3 heterocycles. The van der Waals surface area contributed by atoms with Gasteiger partial charge in [0.1, 0.15) is 5.65 Å². The van der Waals surface area contributed by atoms with Crippen molar-refractivity contribution in [1.82, 2.24) is 19.9 Å². The molecule has 2 aromatic heterocycles. The van der Waals surface area contributed by atoms with Crippen LogP contribution in [0, 0.1) is 0 Å². The maximum absolute atomic E-state index is 12.1. The first-order valence-corrected chi connectivity index (χ1v) is 7.04. The van der Waals surface area contributed by atoms with Crippen LogP contribution in [0.3, 0.4) is 0 Å². The van der Waals surface area contributed by atoms with Gasteiger partial charge in [-0.25, -0.2) is 4.52 Å². The Hall–Kier alpha value is -2.14. The number of hydrogen-bond acceptors (Lipinski definition) is 3. The van der Waals surface area contributed by atoms with Crippen LogP contribution in [0.1, 0.15) is 24.5 Å². The molecular weight excluding hydrogens is 252 g/mol. The van der Waals surface area contributed by atoms with E-state index in [9.17, 15) is 4.79 Å². The number of aromatic amines is 1. The number of fused-ring (bicyclic) bond motifs is 3. The van der Waals surface area contributed by atoms with E-state index in [4.69, 9.17) is 5.10 Å². The van der Waals surface area contributed by atoms with Gasteiger partial charge in [0.2, 0.25) is 0 Å². The fraction of sp³-hybridized carbons (Fsp3) is 0.333. The van der Waals surface area contributed by atoms with Crippen LogP contribution in [0.25, 0.3) is 16.6 Å². The minimum atomic E-state index is -0.0543. The molecular formula is C15H16N4O. The molecule has 20 heavy (non-hydrogen) atoms. The van der Waals surface area contributed by atoms with Crippen LogP contribution in [0.2, 0.25) is 0 Å². The summed E-state index contributed by atoms with van der Waals surface area (Å²) in [5.74, 6) is 0.436. The lowest BCUT2D eigenvalue weighted by Crippen LogP contribution is -2.28. The van der Waals surface area contributed by atoms with E-state index >= 15 is 0 Å². The highest BCUT2D eigenvalue weighted by Crippen LogP contribution is 2.23. The van der Waals surface area contributed by atoms with E-state index in [0.717, 1.165) is 36.4 Å². The largest absolute Gasteiger partial charge is 0.316 e. The van der Waals surface area contributed by atoms with Crippen molar-refractivity contribution in [2.24, 2.45) is 0 Å². The number of hydrogen-bond donors (Lipinski definition) is 2. The van der Waals surface area contributed by atoms with Crippen molar-refractivity contribution < 1.29 is 0 Å². The number of para-hydroxylation sites is 1. The molecule has 1 fully saturated rings. The highest BCUT2D eigenvalue weighted by Gasteiger charge is 2.19. The number of H-pyrrole nitrogens is 1. The van der Waals surface area contributed by atoms with Crippen LogP contribution >= 0.6 is 0 Å². The number of benzene rings is 1. The zero-order valence-corrected chi connectivity index (χ0v) is 11.1. The lowest BCUT2D eigenvalue weighted by Gasteiger charge is -2.20. The molecule has 102 valence electrons. The second-order valence-corrected chi connectivity index (χ2v) is 5.38. The molecule has 1 aliphatic heterocycles. The third-order valence-corrected chi connectivity index (χ3v) is 4.06. The average molecular weight is 268 g/mol. The van der Waals surface area contributed by atoms with Crippen molar-refractivity contribution in [2.45, 2.75) is 18.8 Å². The molecule has 1 aromatic carbocycles. The van der Waals surface area contributed by atoms with E-state index in [1.165, 1.54) is 6.42 Å². The zero-order chi connectivity index (χ0) is 13.5. The number of nitrogens with one attached hydrogen (secondary N) is 2. The van der Waals surface area contributed by atoms with Gasteiger partial charge in [0, 0.05) is 18.5 Å². The molecule has 1 saturated heterocycles. The van der Waals surface area contributed by atoms with Gasteiger partial charge in [-0.1, -0.05) is 12.1 Å². The summed E-state index contributed by atoms with van der Waals surface area (Å²) in [5.41, 5.74) is 2.64. The lowest BCUT2D eigenvalue weighted by atomic mass is 9.96. The molecule has 1 atom stereocenters. The number of aromatic nitrogens is 3. The topological polar surface area (TPSA) is 62.2 Å². The maximum Gasteiger partial charge on any atom is 0.259 e. The summed E-state index contributed by atoms with van der Waals surface area (Å²) in [6.07, 6.45) is 2.33. The van der Waals surface area contributed by atoms with E-state index in [2.05, 4.69) is 10.3 Å². The predicted molar refractivity (Wildman–Crippen MR) is 78.2 cm³/mol. The Balaban J connectivity index is 1.94. The summed E-state index contributed by atoms with van der Waals surface area (Å²) in [6.45, 7) is 2.05. The molecule has 0 aliphatic carbocycles. The van der Waals surface area contributed by atoms with Crippen LogP contribution < -0.4 is 10.9 Å². The van der Waals surface area contributed by atoms with Crippen LogP contribution in [-0.2, 0) is 0 Å². The monoisotopic (exact) mass is 268 g/mol. The Bertz CT molecular complexity index is 827. The standard InChI is InChI=1S/C15H16N4O/c20-15-11-5-1-2-6-13(11)19-14(17-15)8-12(18-19)10-4-3-7-16-9-10/h1-2,5-6,8,10,16H,3-4,7,9H2,(H,17,20). The molecule has 0 saturated carbocycles. The summed E-state index contributed by atoms with van der Waals surface area (Å²) >= 11 is 0. The molecule has 0 amide bonds. The van der Waals surface area contributed by atoms with E-state index in [-0.39, 0.29) is 5.56 Å². The van der Waals surface area contributed by atoms with Crippen LogP contribution in [0.5, 0.6) is 0 Å². The van der Waals surface area contributed by atoms with Gasteiger partial charge in [-0.15, -0.1) is 0 Å². The first kappa shape index (κ1) is 11.7. The summed E-state index contributed by atoms with van der Waals surface area (Å²) in [4.78, 5) is 15.0. The zero-order valence-electron chi connectivity index (χ0n) is 11.1. The number of rotatable bonds is 1. The molecule has 2 N–H and O–H groups in total. The predicted octanol–water partition coefficient (Wildman–Crippen LogP) is 1.64. The van der Waals surface area contributed by atoms with Crippen molar-refractivity contribution in [3.05, 3.63) is 46.4 Å². The minimum Gasteiger partial charge on any atom is -0.316 e. The molecule has 0 bridgehead atoms. The van der Waals surface area contributed by atoms with E-state index in [0.29, 0.717) is 11.3 Å². The summed E-state index contributed by atoms with van der Waals surface area (Å²) < 4.78 is 1.85. The molecule has 3 aromatic rings. The Morgan fingerprint density at radius 2 is 2.20 bits per heavy atom. The SMILES string of the molecule is O=c1[nH]c2cc(C3CCCNC3)nn2c2ccccc12. The van der Waals surface area contributed by atoms with E-state index in [1.54, 1.807) is 0 Å². The first-order valence-electron chi connectivity index (χ1n) is 7.04. The van der Waals surface area contributed by atoms with Gasteiger partial charge >= 0.3 is 0 Å². The quantitative estimate of drug-likeness (QED) is 0.705. The normalized spacial score (nSPS) is 19.7. The molecule has 0 radical (unpaired) electrons. The average Bonchev–Trinajstić information content (AvgIpc) is 2.93. The third-order valence-electron chi connectivity index (χ3n) is 4.06. The Labute approximate surface area is 115 Å². The van der Waals surface area contributed by atoms with Gasteiger partial charge in [0.05, 0.1) is 16.6 Å². The lowest BCUT2D eigenvalue weighted by molar-refractivity contribution is 0.453. The van der Waals surface area contributed by atoms with Gasteiger partial charge in [-0.3, -0.25) is 4.79 Å². The molecule has 5 nitrogen and oxygen atoms in total. The van der Waals surface area contributed by atoms with Gasteiger partial charge in [-0.05, 0) is 31.5 Å². The van der Waals surface area contributed by atoms with Gasteiger partial charge in [0.25, 0.3) is 5.56 Å². The van der Waals surface area contributed by atoms with Crippen LogP contribution in [0.4, 0.5) is 0 Å². The highest BCUT2D eigenvalue weighted by molar-refractivity contribution is 5.80. The van der Waals surface area contributed by atoms with Gasteiger partial charge < -0.3 is 10.3 Å². The molecule has 0 spiro atoms. The van der Waals surface area contributed by atoms with Crippen molar-refractivity contribution in [3.8, 4) is 0 Å². The molecule has 1 unspecified atom stereocenters. The fourth-order valence-corrected chi connectivity index (χ4v) is 3.01. The molecule has 4 rings (SSSR count). The maximum atomic E-state index is 12.1. The smallest absolute Gasteiger partial charge is 0.259 e. The van der Waals surface area contributed by atoms with Crippen molar-refractivity contribution in [2.75, 3.05) is 13.1 Å². The number of piperidine rings is 1. The summed E-state index contributed by atoms with van der Waals surface area (Å²) in [5, 5.41) is 8.79. The number of nitrogens with zero attached hydrogens (tertiary/aromatic N) is 2. The van der Waals surface area contributed by atoms with E-state index < -0.39 is 0 Å². The van der Waals surface area contributed by atoms with Gasteiger partial charge in [0.15, 0.2) is 0 Å². The Morgan fingerprint density at radius 1 is 1.30 bits per heavy atom. The summed E-state index contributed by atoms with van der Waals surface area (Å²) in [7, 11) is 0. The third kappa shape index (κ3) is 1.74. The first-order chi connectivity index (χ1) is 9.83. The van der Waals surface area contributed by atoms with Crippen LogP contribution in [-0.4, -0.2) is 27.7 Å². The second-order valence-electron chi connectivity index (χ2n) is 5.38. The Kier molecular flexibility index (Phi) is 2.60. The summed E-state index contributed by atoms with van der Waals surface area (Å²) in [6, 6.07) is 9.58. The van der Waals surface area contributed by atoms with Gasteiger partial charge in [-0.2, -0.15) is 5.10 Å². The van der Waals surface area contributed by atoms with Crippen molar-refractivity contribution in [1.29, 1.82) is 0 Å². The molecule has 5 heteroatoms. The molecule has 1 aliphatic rings.